The lowest BCUT2D eigenvalue weighted by Crippen LogP contribution is -2.35. The summed E-state index contributed by atoms with van der Waals surface area (Å²) >= 11 is 0. The van der Waals surface area contributed by atoms with Crippen molar-refractivity contribution >= 4 is 16.7 Å². The highest BCUT2D eigenvalue weighted by Crippen LogP contribution is 2.31. The van der Waals surface area contributed by atoms with Crippen molar-refractivity contribution in [3.63, 3.8) is 0 Å². The number of rotatable bonds is 6. The van der Waals surface area contributed by atoms with Gasteiger partial charge < -0.3 is 14.8 Å². The van der Waals surface area contributed by atoms with Gasteiger partial charge in [0.1, 0.15) is 12.4 Å². The van der Waals surface area contributed by atoms with Crippen LogP contribution >= 0.6 is 0 Å². The Morgan fingerprint density at radius 1 is 1.38 bits per heavy atom. The molecular formula is C19H24N2O3. The first kappa shape index (κ1) is 16.6. The standard InChI is InChI=1S/C19H24N2O3/c1-4-5-14-9-18(22)21-16(14)11-24-19-15-10-17(23-3)12(2)8-13(15)6-7-20-19/h6-8,10,14,16H,4-5,9,11H2,1-3H3,(H,21,22)/t14-,16-/m1/s1. The molecular weight excluding hydrogens is 304 g/mol. The van der Waals surface area contributed by atoms with Crippen LogP contribution in [0.1, 0.15) is 31.7 Å². The van der Waals surface area contributed by atoms with Crippen LogP contribution in [0.15, 0.2) is 24.4 Å². The maximum atomic E-state index is 11.7. The van der Waals surface area contributed by atoms with Crippen LogP contribution in [0.5, 0.6) is 11.6 Å². The van der Waals surface area contributed by atoms with Gasteiger partial charge in [-0.05, 0) is 48.4 Å². The molecule has 1 aliphatic heterocycles. The Balaban J connectivity index is 1.81. The summed E-state index contributed by atoms with van der Waals surface area (Å²) < 4.78 is 11.4. The van der Waals surface area contributed by atoms with Gasteiger partial charge in [-0.3, -0.25) is 4.79 Å². The Kier molecular flexibility index (Phi) is 4.88. The van der Waals surface area contributed by atoms with Gasteiger partial charge in [0.2, 0.25) is 11.8 Å². The van der Waals surface area contributed by atoms with Crippen molar-refractivity contribution in [3.8, 4) is 11.6 Å². The first-order valence-corrected chi connectivity index (χ1v) is 8.48. The zero-order valence-corrected chi connectivity index (χ0v) is 14.5. The topological polar surface area (TPSA) is 60.5 Å². The van der Waals surface area contributed by atoms with Crippen LogP contribution in [-0.2, 0) is 4.79 Å². The number of methoxy groups -OCH3 is 1. The monoisotopic (exact) mass is 328 g/mol. The number of nitrogens with one attached hydrogen (secondary N) is 1. The Bertz CT molecular complexity index is 745. The summed E-state index contributed by atoms with van der Waals surface area (Å²) in [4.78, 5) is 16.1. The quantitative estimate of drug-likeness (QED) is 0.884. The van der Waals surface area contributed by atoms with Crippen LogP contribution < -0.4 is 14.8 Å². The third-order valence-electron chi connectivity index (χ3n) is 4.67. The van der Waals surface area contributed by atoms with E-state index in [1.54, 1.807) is 13.3 Å². The van der Waals surface area contributed by atoms with Crippen molar-refractivity contribution in [1.29, 1.82) is 0 Å². The third-order valence-corrected chi connectivity index (χ3v) is 4.67. The zero-order chi connectivity index (χ0) is 17.1. The Morgan fingerprint density at radius 3 is 2.96 bits per heavy atom. The molecule has 0 saturated carbocycles. The van der Waals surface area contributed by atoms with Crippen molar-refractivity contribution in [1.82, 2.24) is 10.3 Å². The van der Waals surface area contributed by atoms with Crippen molar-refractivity contribution in [2.45, 2.75) is 39.2 Å². The Labute approximate surface area is 142 Å². The highest BCUT2D eigenvalue weighted by atomic mass is 16.5. The van der Waals surface area contributed by atoms with E-state index in [9.17, 15) is 4.79 Å². The number of amides is 1. The molecule has 128 valence electrons. The van der Waals surface area contributed by atoms with E-state index in [-0.39, 0.29) is 11.9 Å². The molecule has 5 heteroatoms. The number of ether oxygens (including phenoxy) is 2. The number of hydrogen-bond donors (Lipinski definition) is 1. The molecule has 0 bridgehead atoms. The fourth-order valence-electron chi connectivity index (χ4n) is 3.41. The van der Waals surface area contributed by atoms with Crippen LogP contribution in [0.4, 0.5) is 0 Å². The van der Waals surface area contributed by atoms with Crippen LogP contribution in [0, 0.1) is 12.8 Å². The predicted octanol–water partition coefficient (Wildman–Crippen LogP) is 3.24. The summed E-state index contributed by atoms with van der Waals surface area (Å²) in [5, 5.41) is 5.02. The molecule has 2 aromatic rings. The molecule has 5 nitrogen and oxygen atoms in total. The van der Waals surface area contributed by atoms with E-state index in [0.717, 1.165) is 34.9 Å². The Morgan fingerprint density at radius 2 is 2.21 bits per heavy atom. The molecule has 0 spiro atoms. The van der Waals surface area contributed by atoms with Gasteiger partial charge in [0, 0.05) is 18.0 Å². The van der Waals surface area contributed by atoms with Crippen molar-refractivity contribution in [2.24, 2.45) is 5.92 Å². The molecule has 0 unspecified atom stereocenters. The predicted molar refractivity (Wildman–Crippen MR) is 93.5 cm³/mol. The maximum absolute atomic E-state index is 11.7. The molecule has 1 aromatic carbocycles. The largest absolute Gasteiger partial charge is 0.496 e. The summed E-state index contributed by atoms with van der Waals surface area (Å²) in [6.07, 6.45) is 4.44. The van der Waals surface area contributed by atoms with Crippen LogP contribution in [-0.4, -0.2) is 30.6 Å². The summed E-state index contributed by atoms with van der Waals surface area (Å²) in [5.74, 6) is 1.86. The van der Waals surface area contributed by atoms with Crippen molar-refractivity contribution in [2.75, 3.05) is 13.7 Å². The van der Waals surface area contributed by atoms with E-state index >= 15 is 0 Å². The second-order valence-electron chi connectivity index (χ2n) is 6.40. The number of fused-ring (bicyclic) bond motifs is 1. The maximum Gasteiger partial charge on any atom is 0.221 e. The van der Waals surface area contributed by atoms with Gasteiger partial charge in [-0.1, -0.05) is 13.3 Å². The number of carbonyl (C=O) groups is 1. The van der Waals surface area contributed by atoms with Gasteiger partial charge in [-0.25, -0.2) is 4.98 Å². The van der Waals surface area contributed by atoms with E-state index in [2.05, 4.69) is 23.3 Å². The molecule has 3 rings (SSSR count). The van der Waals surface area contributed by atoms with Crippen LogP contribution in [0.25, 0.3) is 10.8 Å². The number of benzene rings is 1. The molecule has 0 radical (unpaired) electrons. The van der Waals surface area contributed by atoms with Gasteiger partial charge in [0.25, 0.3) is 0 Å². The number of aryl methyl sites for hydroxylation is 1. The lowest BCUT2D eigenvalue weighted by atomic mass is 9.96. The minimum atomic E-state index is 0.0573. The fourth-order valence-corrected chi connectivity index (χ4v) is 3.41. The van der Waals surface area contributed by atoms with Gasteiger partial charge >= 0.3 is 0 Å². The normalized spacial score (nSPS) is 20.2. The average Bonchev–Trinajstić information content (AvgIpc) is 2.92. The number of aromatic nitrogens is 1. The minimum Gasteiger partial charge on any atom is -0.496 e. The molecule has 1 fully saturated rings. The Hall–Kier alpha value is -2.30. The second-order valence-corrected chi connectivity index (χ2v) is 6.40. The highest BCUT2D eigenvalue weighted by Gasteiger charge is 2.32. The minimum absolute atomic E-state index is 0.0573. The van der Waals surface area contributed by atoms with Gasteiger partial charge in [-0.2, -0.15) is 0 Å². The molecule has 2 heterocycles. The number of pyridine rings is 1. The van der Waals surface area contributed by atoms with E-state index in [1.807, 2.05) is 19.1 Å². The molecule has 1 amide bonds. The van der Waals surface area contributed by atoms with Gasteiger partial charge in [0.05, 0.1) is 13.2 Å². The van der Waals surface area contributed by atoms with Crippen LogP contribution in [0.3, 0.4) is 0 Å². The first-order chi connectivity index (χ1) is 11.6. The summed E-state index contributed by atoms with van der Waals surface area (Å²) in [6.45, 7) is 4.60. The summed E-state index contributed by atoms with van der Waals surface area (Å²) in [5.41, 5.74) is 1.08. The lowest BCUT2D eigenvalue weighted by Gasteiger charge is -2.19. The van der Waals surface area contributed by atoms with Crippen LogP contribution in [0.2, 0.25) is 0 Å². The zero-order valence-electron chi connectivity index (χ0n) is 14.5. The molecule has 1 aliphatic rings. The number of carbonyl (C=O) groups excluding carboxylic acids is 1. The van der Waals surface area contributed by atoms with E-state index < -0.39 is 0 Å². The van der Waals surface area contributed by atoms with E-state index in [4.69, 9.17) is 9.47 Å². The van der Waals surface area contributed by atoms with E-state index in [0.29, 0.717) is 24.8 Å². The SMILES string of the molecule is CCC[C@@H]1CC(=O)N[C@@H]1COc1nccc2cc(C)c(OC)cc12. The fraction of sp³-hybridized carbons (Fsp3) is 0.474. The van der Waals surface area contributed by atoms with Crippen molar-refractivity contribution < 1.29 is 14.3 Å². The number of nitrogens with zero attached hydrogens (tertiary/aromatic N) is 1. The smallest absolute Gasteiger partial charge is 0.221 e. The highest BCUT2D eigenvalue weighted by molar-refractivity contribution is 5.89. The third kappa shape index (κ3) is 3.30. The number of hydrogen-bond acceptors (Lipinski definition) is 4. The average molecular weight is 328 g/mol. The molecule has 24 heavy (non-hydrogen) atoms. The molecule has 1 saturated heterocycles. The molecule has 2 atom stereocenters. The molecule has 1 N–H and O–H groups in total. The van der Waals surface area contributed by atoms with E-state index in [1.165, 1.54) is 0 Å². The first-order valence-electron chi connectivity index (χ1n) is 8.48. The lowest BCUT2D eigenvalue weighted by molar-refractivity contribution is -0.119. The molecule has 0 aliphatic carbocycles. The summed E-state index contributed by atoms with van der Waals surface area (Å²) in [7, 11) is 1.66. The van der Waals surface area contributed by atoms with Gasteiger partial charge in [0.15, 0.2) is 0 Å². The summed E-state index contributed by atoms with van der Waals surface area (Å²) in [6, 6.07) is 6.05. The molecule has 1 aromatic heterocycles. The second kappa shape index (κ2) is 7.07. The van der Waals surface area contributed by atoms with Crippen molar-refractivity contribution in [3.05, 3.63) is 30.0 Å². The van der Waals surface area contributed by atoms with Gasteiger partial charge in [-0.15, -0.1) is 0 Å².